The summed E-state index contributed by atoms with van der Waals surface area (Å²) in [5, 5.41) is 9.17. The van der Waals surface area contributed by atoms with Gasteiger partial charge in [-0.1, -0.05) is 13.8 Å². The van der Waals surface area contributed by atoms with E-state index < -0.39 is 0 Å². The Morgan fingerprint density at radius 2 is 2.35 bits per heavy atom. The van der Waals surface area contributed by atoms with E-state index in [1.165, 1.54) is 6.42 Å². The Kier molecular flexibility index (Phi) is 4.33. The molecular weight excluding hydrogens is 252 g/mol. The summed E-state index contributed by atoms with van der Waals surface area (Å²) in [7, 11) is 0. The van der Waals surface area contributed by atoms with Crippen LogP contribution in [0.3, 0.4) is 0 Å². The summed E-state index contributed by atoms with van der Waals surface area (Å²) in [4.78, 5) is 14.3. The number of piperidine rings is 1. The third-order valence-corrected chi connectivity index (χ3v) is 3.99. The molecule has 1 atom stereocenters. The molecule has 1 amide bonds. The number of aromatic nitrogens is 1. The van der Waals surface area contributed by atoms with Gasteiger partial charge in [0.15, 0.2) is 0 Å². The van der Waals surface area contributed by atoms with Gasteiger partial charge in [-0.15, -0.1) is 0 Å². The number of hydrogen-bond donors (Lipinski definition) is 1. The number of anilines is 1. The molecule has 2 heterocycles. The van der Waals surface area contributed by atoms with Crippen LogP contribution in [0.5, 0.6) is 0 Å². The van der Waals surface area contributed by atoms with Crippen molar-refractivity contribution in [1.82, 2.24) is 9.47 Å². The molecule has 0 aromatic carbocycles. The van der Waals surface area contributed by atoms with E-state index in [1.807, 2.05) is 11.8 Å². The highest BCUT2D eigenvalue weighted by Gasteiger charge is 2.23. The first kappa shape index (κ1) is 14.4. The van der Waals surface area contributed by atoms with Crippen LogP contribution in [-0.4, -0.2) is 28.5 Å². The molecule has 1 aromatic heterocycles. The van der Waals surface area contributed by atoms with Gasteiger partial charge in [0.2, 0.25) is 5.91 Å². The highest BCUT2D eigenvalue weighted by Crippen LogP contribution is 2.20. The number of nitrogens with two attached hydrogens (primary N) is 1. The zero-order valence-electron chi connectivity index (χ0n) is 12.2. The Bertz CT molecular complexity index is 541. The zero-order chi connectivity index (χ0) is 14.7. The molecule has 1 saturated heterocycles. The Labute approximate surface area is 120 Å². The number of nitrogens with zero attached hydrogens (tertiary/aromatic N) is 3. The summed E-state index contributed by atoms with van der Waals surface area (Å²) < 4.78 is 1.76. The number of carbonyl (C=O) groups is 1. The lowest BCUT2D eigenvalue weighted by Crippen LogP contribution is -2.41. The van der Waals surface area contributed by atoms with E-state index in [1.54, 1.807) is 10.6 Å². The van der Waals surface area contributed by atoms with Crippen LogP contribution in [0.4, 0.5) is 5.69 Å². The molecule has 5 nitrogen and oxygen atoms in total. The van der Waals surface area contributed by atoms with E-state index >= 15 is 0 Å². The first-order valence-corrected chi connectivity index (χ1v) is 7.22. The van der Waals surface area contributed by atoms with Crippen LogP contribution in [0.25, 0.3) is 0 Å². The molecule has 0 unspecified atom stereocenters. The molecule has 0 saturated carbocycles. The molecule has 1 aromatic rings. The Balaban J connectivity index is 2.17. The summed E-state index contributed by atoms with van der Waals surface area (Å²) in [6.07, 6.45) is 2.97. The molecule has 20 heavy (non-hydrogen) atoms. The Hall–Kier alpha value is -1.96. The fourth-order valence-electron chi connectivity index (χ4n) is 2.93. The number of likely N-dealkylation sites (tertiary alicyclic amines) is 1. The highest BCUT2D eigenvalue weighted by atomic mass is 16.2. The predicted molar refractivity (Wildman–Crippen MR) is 77.9 cm³/mol. The standard InChI is InChI=1S/C15H22N4O/c1-3-14-13(17)7-12(8-16)19(14)10-15(20)18-6-4-5-11(2)9-18/h7,11H,3-6,9-10,17H2,1-2H3/t11-/m0/s1. The predicted octanol–water partition coefficient (Wildman–Crippen LogP) is 1.76. The van der Waals surface area contributed by atoms with Gasteiger partial charge in [-0.3, -0.25) is 4.79 Å². The third kappa shape index (κ3) is 2.79. The molecule has 0 radical (unpaired) electrons. The molecule has 0 spiro atoms. The van der Waals surface area contributed by atoms with Crippen molar-refractivity contribution >= 4 is 11.6 Å². The topological polar surface area (TPSA) is 75.0 Å². The molecule has 5 heteroatoms. The van der Waals surface area contributed by atoms with Gasteiger partial charge in [0.05, 0.1) is 5.69 Å². The van der Waals surface area contributed by atoms with Crippen LogP contribution in [0.1, 0.15) is 38.1 Å². The minimum absolute atomic E-state index is 0.0818. The van der Waals surface area contributed by atoms with Crippen molar-refractivity contribution in [3.63, 3.8) is 0 Å². The van der Waals surface area contributed by atoms with Crippen LogP contribution in [-0.2, 0) is 17.8 Å². The second-order valence-corrected chi connectivity index (χ2v) is 5.57. The van der Waals surface area contributed by atoms with Gasteiger partial charge in [0.25, 0.3) is 0 Å². The molecule has 0 aliphatic carbocycles. The quantitative estimate of drug-likeness (QED) is 0.912. The summed E-state index contributed by atoms with van der Waals surface area (Å²) in [5.74, 6) is 0.641. The molecule has 1 aliphatic heterocycles. The van der Waals surface area contributed by atoms with Crippen LogP contribution in [0.2, 0.25) is 0 Å². The van der Waals surface area contributed by atoms with E-state index in [2.05, 4.69) is 13.0 Å². The van der Waals surface area contributed by atoms with Gasteiger partial charge in [0.1, 0.15) is 18.3 Å². The number of nitriles is 1. The van der Waals surface area contributed by atoms with Crippen molar-refractivity contribution in [3.8, 4) is 6.07 Å². The van der Waals surface area contributed by atoms with E-state index in [0.29, 0.717) is 17.3 Å². The molecule has 2 rings (SSSR count). The van der Waals surface area contributed by atoms with Crippen molar-refractivity contribution < 1.29 is 4.79 Å². The monoisotopic (exact) mass is 274 g/mol. The second-order valence-electron chi connectivity index (χ2n) is 5.57. The van der Waals surface area contributed by atoms with Crippen LogP contribution < -0.4 is 5.73 Å². The van der Waals surface area contributed by atoms with Crippen LogP contribution in [0.15, 0.2) is 6.07 Å². The number of hydrogen-bond acceptors (Lipinski definition) is 3. The summed E-state index contributed by atoms with van der Waals surface area (Å²) in [5.41, 5.74) is 7.85. The number of nitrogen functional groups attached to an aromatic ring is 1. The van der Waals surface area contributed by atoms with E-state index in [-0.39, 0.29) is 12.5 Å². The molecule has 108 valence electrons. The highest BCUT2D eigenvalue weighted by molar-refractivity contribution is 5.77. The summed E-state index contributed by atoms with van der Waals surface area (Å²) in [6.45, 7) is 6.01. The van der Waals surface area contributed by atoms with Crippen molar-refractivity contribution in [1.29, 1.82) is 5.26 Å². The third-order valence-electron chi connectivity index (χ3n) is 3.99. The first-order chi connectivity index (χ1) is 9.56. The van der Waals surface area contributed by atoms with Crippen molar-refractivity contribution in [2.75, 3.05) is 18.8 Å². The molecular formula is C15H22N4O. The van der Waals surface area contributed by atoms with Crippen LogP contribution >= 0.6 is 0 Å². The van der Waals surface area contributed by atoms with Gasteiger partial charge in [-0.2, -0.15) is 5.26 Å². The SMILES string of the molecule is CCc1c(N)cc(C#N)n1CC(=O)N1CCC[C@H](C)C1. The molecule has 1 fully saturated rings. The Morgan fingerprint density at radius 1 is 1.60 bits per heavy atom. The Morgan fingerprint density at radius 3 is 2.95 bits per heavy atom. The summed E-state index contributed by atoms with van der Waals surface area (Å²) >= 11 is 0. The summed E-state index contributed by atoms with van der Waals surface area (Å²) in [6, 6.07) is 3.78. The first-order valence-electron chi connectivity index (χ1n) is 7.22. The zero-order valence-corrected chi connectivity index (χ0v) is 12.2. The fraction of sp³-hybridized carbons (Fsp3) is 0.600. The lowest BCUT2D eigenvalue weighted by Gasteiger charge is -2.31. The number of carbonyl (C=O) groups excluding carboxylic acids is 1. The van der Waals surface area contributed by atoms with Crippen molar-refractivity contribution in [2.24, 2.45) is 5.92 Å². The van der Waals surface area contributed by atoms with Crippen molar-refractivity contribution in [2.45, 2.75) is 39.7 Å². The number of rotatable bonds is 3. The fourth-order valence-corrected chi connectivity index (χ4v) is 2.93. The maximum atomic E-state index is 12.4. The van der Waals surface area contributed by atoms with Gasteiger partial charge >= 0.3 is 0 Å². The second kappa shape index (κ2) is 6.00. The van der Waals surface area contributed by atoms with Gasteiger partial charge in [-0.05, 0) is 31.2 Å². The average molecular weight is 274 g/mol. The minimum Gasteiger partial charge on any atom is -0.397 e. The van der Waals surface area contributed by atoms with Crippen LogP contribution in [0, 0.1) is 17.2 Å². The molecule has 0 bridgehead atoms. The van der Waals surface area contributed by atoms with Gasteiger partial charge < -0.3 is 15.2 Å². The smallest absolute Gasteiger partial charge is 0.242 e. The molecule has 1 aliphatic rings. The van der Waals surface area contributed by atoms with E-state index in [4.69, 9.17) is 11.0 Å². The average Bonchev–Trinajstić information content (AvgIpc) is 2.74. The maximum absolute atomic E-state index is 12.4. The normalized spacial score (nSPS) is 18.9. The number of amides is 1. The lowest BCUT2D eigenvalue weighted by molar-refractivity contribution is -0.133. The lowest BCUT2D eigenvalue weighted by atomic mass is 10.0. The van der Waals surface area contributed by atoms with E-state index in [9.17, 15) is 4.79 Å². The van der Waals surface area contributed by atoms with E-state index in [0.717, 1.165) is 31.6 Å². The van der Waals surface area contributed by atoms with Crippen molar-refractivity contribution in [3.05, 3.63) is 17.5 Å². The van der Waals surface area contributed by atoms with Gasteiger partial charge in [0, 0.05) is 18.8 Å². The van der Waals surface area contributed by atoms with Gasteiger partial charge in [-0.25, -0.2) is 0 Å². The molecule has 2 N–H and O–H groups in total. The maximum Gasteiger partial charge on any atom is 0.242 e. The largest absolute Gasteiger partial charge is 0.397 e. The minimum atomic E-state index is 0.0818.